The summed E-state index contributed by atoms with van der Waals surface area (Å²) >= 11 is 0. The van der Waals surface area contributed by atoms with Crippen LogP contribution in [0.3, 0.4) is 0 Å². The number of methoxy groups -OCH3 is 1. The van der Waals surface area contributed by atoms with Gasteiger partial charge in [0.1, 0.15) is 5.54 Å². The Morgan fingerprint density at radius 3 is 2.10 bits per heavy atom. The highest BCUT2D eigenvalue weighted by molar-refractivity contribution is 5.85. The summed E-state index contributed by atoms with van der Waals surface area (Å²) < 4.78 is 4.55. The standard InChI is InChI=1S/C7H13NO2/c1-6(2)4-7(6,8)5(9)10-3/h4,8H2,1-3H3/t7-/m1/s1. The smallest absolute Gasteiger partial charge is 0.326 e. The lowest BCUT2D eigenvalue weighted by Gasteiger charge is -2.10. The zero-order valence-corrected chi connectivity index (χ0v) is 6.60. The van der Waals surface area contributed by atoms with Gasteiger partial charge in [-0.15, -0.1) is 0 Å². The van der Waals surface area contributed by atoms with Gasteiger partial charge in [0.05, 0.1) is 7.11 Å². The second-order valence-corrected chi connectivity index (χ2v) is 3.52. The molecule has 0 aliphatic heterocycles. The normalized spacial score (nSPS) is 35.2. The second kappa shape index (κ2) is 1.72. The van der Waals surface area contributed by atoms with Crippen molar-refractivity contribution in [1.29, 1.82) is 0 Å². The summed E-state index contributed by atoms with van der Waals surface area (Å²) in [5, 5.41) is 0. The fourth-order valence-electron chi connectivity index (χ4n) is 1.18. The molecule has 1 aliphatic rings. The molecule has 0 saturated heterocycles. The summed E-state index contributed by atoms with van der Waals surface area (Å²) in [6.07, 6.45) is 0.729. The molecule has 1 atom stereocenters. The number of esters is 1. The van der Waals surface area contributed by atoms with Gasteiger partial charge in [0.2, 0.25) is 0 Å². The molecule has 0 unspecified atom stereocenters. The lowest BCUT2D eigenvalue weighted by Crippen LogP contribution is -2.38. The highest BCUT2D eigenvalue weighted by Crippen LogP contribution is 2.54. The fourth-order valence-corrected chi connectivity index (χ4v) is 1.18. The summed E-state index contributed by atoms with van der Waals surface area (Å²) in [6, 6.07) is 0. The monoisotopic (exact) mass is 143 g/mol. The van der Waals surface area contributed by atoms with E-state index < -0.39 is 5.54 Å². The molecule has 1 aliphatic carbocycles. The third-order valence-corrected chi connectivity index (χ3v) is 2.35. The van der Waals surface area contributed by atoms with E-state index in [1.165, 1.54) is 7.11 Å². The van der Waals surface area contributed by atoms with Gasteiger partial charge in [-0.25, -0.2) is 0 Å². The molecule has 0 aromatic carbocycles. The third kappa shape index (κ3) is 0.736. The van der Waals surface area contributed by atoms with Gasteiger partial charge in [-0.3, -0.25) is 4.79 Å². The average molecular weight is 143 g/mol. The molecule has 10 heavy (non-hydrogen) atoms. The van der Waals surface area contributed by atoms with Crippen molar-refractivity contribution in [1.82, 2.24) is 0 Å². The average Bonchev–Trinajstić information content (AvgIpc) is 2.32. The van der Waals surface area contributed by atoms with Gasteiger partial charge in [0.25, 0.3) is 0 Å². The molecule has 3 heteroatoms. The molecule has 0 spiro atoms. The van der Waals surface area contributed by atoms with Crippen molar-refractivity contribution in [3.8, 4) is 0 Å². The minimum atomic E-state index is -0.707. The van der Waals surface area contributed by atoms with Crippen LogP contribution in [0.15, 0.2) is 0 Å². The molecular formula is C7H13NO2. The summed E-state index contributed by atoms with van der Waals surface area (Å²) in [7, 11) is 1.37. The van der Waals surface area contributed by atoms with E-state index >= 15 is 0 Å². The van der Waals surface area contributed by atoms with Gasteiger partial charge < -0.3 is 10.5 Å². The Morgan fingerprint density at radius 1 is 1.60 bits per heavy atom. The molecule has 0 aromatic rings. The van der Waals surface area contributed by atoms with Gasteiger partial charge in [-0.05, 0) is 11.8 Å². The summed E-state index contributed by atoms with van der Waals surface area (Å²) in [5.74, 6) is -0.294. The molecule has 58 valence electrons. The molecule has 2 N–H and O–H groups in total. The van der Waals surface area contributed by atoms with Crippen molar-refractivity contribution in [2.45, 2.75) is 25.8 Å². The van der Waals surface area contributed by atoms with Gasteiger partial charge in [0.15, 0.2) is 0 Å². The summed E-state index contributed by atoms with van der Waals surface area (Å²) in [6.45, 7) is 3.92. The molecule has 1 fully saturated rings. The minimum Gasteiger partial charge on any atom is -0.468 e. The predicted molar refractivity (Wildman–Crippen MR) is 37.3 cm³/mol. The number of hydrogen-bond donors (Lipinski definition) is 1. The van der Waals surface area contributed by atoms with Crippen LogP contribution in [0, 0.1) is 5.41 Å². The van der Waals surface area contributed by atoms with Crippen LogP contribution in [0.4, 0.5) is 0 Å². The SMILES string of the molecule is COC(=O)[C@]1(N)CC1(C)C. The molecule has 0 aromatic heterocycles. The number of ether oxygens (including phenoxy) is 1. The van der Waals surface area contributed by atoms with E-state index in [1.54, 1.807) is 0 Å². The topological polar surface area (TPSA) is 52.3 Å². The van der Waals surface area contributed by atoms with Crippen LogP contribution in [0.2, 0.25) is 0 Å². The summed E-state index contributed by atoms with van der Waals surface area (Å²) in [4.78, 5) is 11.0. The van der Waals surface area contributed by atoms with Crippen molar-refractivity contribution in [2.24, 2.45) is 11.1 Å². The van der Waals surface area contributed by atoms with Crippen LogP contribution in [0.5, 0.6) is 0 Å². The van der Waals surface area contributed by atoms with E-state index in [4.69, 9.17) is 5.73 Å². The van der Waals surface area contributed by atoms with Crippen LogP contribution < -0.4 is 5.73 Å². The Bertz CT molecular complexity index is 176. The first-order valence-electron chi connectivity index (χ1n) is 3.31. The third-order valence-electron chi connectivity index (χ3n) is 2.35. The van der Waals surface area contributed by atoms with E-state index in [0.29, 0.717) is 0 Å². The quantitative estimate of drug-likeness (QED) is 0.537. The molecule has 3 nitrogen and oxygen atoms in total. The maximum atomic E-state index is 11.0. The van der Waals surface area contributed by atoms with Crippen molar-refractivity contribution in [3.63, 3.8) is 0 Å². The van der Waals surface area contributed by atoms with Crippen molar-refractivity contribution < 1.29 is 9.53 Å². The summed E-state index contributed by atoms with van der Waals surface area (Å²) in [5.41, 5.74) is 4.93. The van der Waals surface area contributed by atoms with Gasteiger partial charge in [-0.2, -0.15) is 0 Å². The van der Waals surface area contributed by atoms with E-state index in [1.807, 2.05) is 13.8 Å². The maximum Gasteiger partial charge on any atom is 0.326 e. The van der Waals surface area contributed by atoms with E-state index in [0.717, 1.165) is 6.42 Å². The zero-order valence-electron chi connectivity index (χ0n) is 6.60. The predicted octanol–water partition coefficient (Wildman–Crippen LogP) is 0.287. The highest BCUT2D eigenvalue weighted by atomic mass is 16.5. The number of carbonyl (C=O) groups is 1. The van der Waals surface area contributed by atoms with Gasteiger partial charge in [-0.1, -0.05) is 13.8 Å². The Balaban J connectivity index is 2.68. The van der Waals surface area contributed by atoms with E-state index in [2.05, 4.69) is 4.74 Å². The lowest BCUT2D eigenvalue weighted by atomic mass is 10.1. The van der Waals surface area contributed by atoms with Crippen molar-refractivity contribution in [3.05, 3.63) is 0 Å². The first-order valence-corrected chi connectivity index (χ1v) is 3.31. The Labute approximate surface area is 60.5 Å². The number of carbonyl (C=O) groups excluding carboxylic acids is 1. The minimum absolute atomic E-state index is 0.0694. The highest BCUT2D eigenvalue weighted by Gasteiger charge is 2.64. The molecule has 1 rings (SSSR count). The van der Waals surface area contributed by atoms with Crippen molar-refractivity contribution >= 4 is 5.97 Å². The largest absolute Gasteiger partial charge is 0.468 e. The molecule has 0 heterocycles. The number of rotatable bonds is 1. The van der Waals surface area contributed by atoms with Crippen LogP contribution in [-0.4, -0.2) is 18.6 Å². The maximum absolute atomic E-state index is 11.0. The number of hydrogen-bond acceptors (Lipinski definition) is 3. The molecular weight excluding hydrogens is 130 g/mol. The second-order valence-electron chi connectivity index (χ2n) is 3.52. The molecule has 0 radical (unpaired) electrons. The molecule has 1 saturated carbocycles. The Morgan fingerprint density at radius 2 is 2.00 bits per heavy atom. The van der Waals surface area contributed by atoms with Crippen LogP contribution in [0.1, 0.15) is 20.3 Å². The Kier molecular flexibility index (Phi) is 1.30. The van der Waals surface area contributed by atoms with Gasteiger partial charge >= 0.3 is 5.97 Å². The first-order chi connectivity index (χ1) is 4.44. The van der Waals surface area contributed by atoms with Crippen LogP contribution in [-0.2, 0) is 9.53 Å². The zero-order chi connectivity index (χ0) is 7.99. The lowest BCUT2D eigenvalue weighted by molar-refractivity contribution is -0.144. The molecule has 0 amide bonds. The van der Waals surface area contributed by atoms with Gasteiger partial charge in [0, 0.05) is 0 Å². The fraction of sp³-hybridized carbons (Fsp3) is 0.857. The van der Waals surface area contributed by atoms with Crippen LogP contribution in [0.25, 0.3) is 0 Å². The Hall–Kier alpha value is -0.570. The van der Waals surface area contributed by atoms with Crippen LogP contribution >= 0.6 is 0 Å². The first kappa shape index (κ1) is 7.54. The molecule has 0 bridgehead atoms. The van der Waals surface area contributed by atoms with E-state index in [9.17, 15) is 4.79 Å². The van der Waals surface area contributed by atoms with Crippen molar-refractivity contribution in [2.75, 3.05) is 7.11 Å². The van der Waals surface area contributed by atoms with E-state index in [-0.39, 0.29) is 11.4 Å². The number of nitrogens with two attached hydrogens (primary N) is 1.